The van der Waals surface area contributed by atoms with Crippen LogP contribution in [0, 0.1) is 0 Å². The summed E-state index contributed by atoms with van der Waals surface area (Å²) in [7, 11) is 0. The number of hydrogen-bond donors (Lipinski definition) is 0. The Morgan fingerprint density at radius 1 is 1.40 bits per heavy atom. The van der Waals surface area contributed by atoms with Crippen molar-refractivity contribution >= 4 is 5.97 Å². The number of hydrogen-bond acceptors (Lipinski definition) is 4. The van der Waals surface area contributed by atoms with Gasteiger partial charge in [0.25, 0.3) is 0 Å². The Morgan fingerprint density at radius 3 is 2.80 bits per heavy atom. The van der Waals surface area contributed by atoms with Crippen molar-refractivity contribution in [2.75, 3.05) is 13.4 Å². The van der Waals surface area contributed by atoms with Crippen LogP contribution in [0.1, 0.15) is 13.8 Å². The maximum atomic E-state index is 10.5. The third-order valence-electron chi connectivity index (χ3n) is 1.16. The van der Waals surface area contributed by atoms with E-state index in [1.165, 1.54) is 0 Å². The predicted octanol–water partition coefficient (Wildman–Crippen LogP) is 0.270. The smallest absolute Gasteiger partial charge is 0.334 e. The highest BCUT2D eigenvalue weighted by atomic mass is 16.8. The van der Waals surface area contributed by atoms with Crippen molar-refractivity contribution in [1.29, 1.82) is 0 Å². The van der Waals surface area contributed by atoms with Crippen LogP contribution in [0.25, 0.3) is 0 Å². The molecule has 1 saturated heterocycles. The summed E-state index contributed by atoms with van der Waals surface area (Å²) in [4.78, 5) is 10.5. The van der Waals surface area contributed by atoms with E-state index in [0.29, 0.717) is 0 Å². The molecular weight excluding hydrogens is 136 g/mol. The lowest BCUT2D eigenvalue weighted by Crippen LogP contribution is -2.27. The van der Waals surface area contributed by atoms with Gasteiger partial charge in [0.1, 0.15) is 6.61 Å². The average Bonchev–Trinajstić information content (AvgIpc) is 1.94. The van der Waals surface area contributed by atoms with Gasteiger partial charge in [-0.3, -0.25) is 0 Å². The molecule has 0 radical (unpaired) electrons. The Kier molecular flexibility index (Phi) is 1.92. The van der Waals surface area contributed by atoms with Gasteiger partial charge in [-0.2, -0.15) is 0 Å². The van der Waals surface area contributed by atoms with E-state index in [0.717, 1.165) is 0 Å². The molecule has 1 aliphatic heterocycles. The molecule has 58 valence electrons. The number of ether oxygens (including phenoxy) is 3. The normalized spacial score (nSPS) is 25.2. The van der Waals surface area contributed by atoms with Crippen LogP contribution in [-0.4, -0.2) is 25.2 Å². The molecule has 0 unspecified atom stereocenters. The van der Waals surface area contributed by atoms with Crippen LogP contribution >= 0.6 is 0 Å². The lowest BCUT2D eigenvalue weighted by molar-refractivity contribution is -0.217. The highest BCUT2D eigenvalue weighted by molar-refractivity contribution is 5.70. The number of cyclic esters (lactones) is 1. The maximum Gasteiger partial charge on any atom is 0.334 e. The van der Waals surface area contributed by atoms with E-state index < -0.39 is 5.79 Å². The van der Waals surface area contributed by atoms with Crippen LogP contribution in [-0.2, 0) is 19.0 Å². The van der Waals surface area contributed by atoms with Crippen molar-refractivity contribution in [2.24, 2.45) is 0 Å². The SMILES string of the molecule is CC1(C)OCOC(=O)CO1. The number of carbonyl (C=O) groups is 1. The molecule has 0 N–H and O–H groups in total. The van der Waals surface area contributed by atoms with E-state index in [4.69, 9.17) is 9.47 Å². The van der Waals surface area contributed by atoms with Gasteiger partial charge in [0.2, 0.25) is 0 Å². The molecule has 1 fully saturated rings. The highest BCUT2D eigenvalue weighted by Gasteiger charge is 2.24. The molecule has 0 bridgehead atoms. The van der Waals surface area contributed by atoms with E-state index in [9.17, 15) is 4.79 Å². The summed E-state index contributed by atoms with van der Waals surface area (Å²) in [6.07, 6.45) is 0. The maximum absolute atomic E-state index is 10.5. The minimum atomic E-state index is -0.702. The van der Waals surface area contributed by atoms with Gasteiger partial charge in [-0.1, -0.05) is 0 Å². The van der Waals surface area contributed by atoms with Crippen molar-refractivity contribution in [3.05, 3.63) is 0 Å². The molecule has 0 atom stereocenters. The molecule has 1 rings (SSSR count). The fraction of sp³-hybridized carbons (Fsp3) is 0.833. The van der Waals surface area contributed by atoms with Crippen LogP contribution in [0.2, 0.25) is 0 Å². The van der Waals surface area contributed by atoms with Crippen LogP contribution in [0.3, 0.4) is 0 Å². The first kappa shape index (κ1) is 7.50. The van der Waals surface area contributed by atoms with E-state index in [2.05, 4.69) is 4.74 Å². The summed E-state index contributed by atoms with van der Waals surface area (Å²) >= 11 is 0. The minimum absolute atomic E-state index is 0.0220. The van der Waals surface area contributed by atoms with Gasteiger partial charge < -0.3 is 14.2 Å². The molecule has 4 heteroatoms. The Bertz CT molecular complexity index is 141. The summed E-state index contributed by atoms with van der Waals surface area (Å²) in [6, 6.07) is 0. The number of carbonyl (C=O) groups excluding carboxylic acids is 1. The Labute approximate surface area is 59.1 Å². The van der Waals surface area contributed by atoms with Crippen LogP contribution in [0.4, 0.5) is 0 Å². The minimum Gasteiger partial charge on any atom is -0.437 e. The first-order valence-corrected chi connectivity index (χ1v) is 3.04. The zero-order valence-corrected chi connectivity index (χ0v) is 6.05. The largest absolute Gasteiger partial charge is 0.437 e. The molecule has 10 heavy (non-hydrogen) atoms. The molecule has 0 aliphatic carbocycles. The zero-order valence-electron chi connectivity index (χ0n) is 6.05. The zero-order chi connectivity index (χ0) is 7.61. The third kappa shape index (κ3) is 1.97. The molecule has 0 aromatic heterocycles. The van der Waals surface area contributed by atoms with Crippen molar-refractivity contribution in [3.63, 3.8) is 0 Å². The van der Waals surface area contributed by atoms with Crippen LogP contribution < -0.4 is 0 Å². The molecule has 0 saturated carbocycles. The summed E-state index contributed by atoms with van der Waals surface area (Å²) in [5.41, 5.74) is 0. The molecule has 0 aromatic rings. The second-order valence-electron chi connectivity index (χ2n) is 2.47. The standard InChI is InChI=1S/C6H10O4/c1-6(2)9-3-5(7)8-4-10-6/h3-4H2,1-2H3. The van der Waals surface area contributed by atoms with Gasteiger partial charge in [-0.15, -0.1) is 0 Å². The van der Waals surface area contributed by atoms with Crippen molar-refractivity contribution < 1.29 is 19.0 Å². The Balaban J connectivity index is 2.48. The molecule has 0 aromatic carbocycles. The lowest BCUT2D eigenvalue weighted by Gasteiger charge is -2.20. The first-order valence-electron chi connectivity index (χ1n) is 3.04. The van der Waals surface area contributed by atoms with E-state index in [1.807, 2.05) is 0 Å². The molecule has 0 amide bonds. The first-order chi connectivity index (χ1) is 4.60. The molecular formula is C6H10O4. The van der Waals surface area contributed by atoms with Crippen LogP contribution in [0.15, 0.2) is 0 Å². The van der Waals surface area contributed by atoms with Crippen molar-refractivity contribution in [3.8, 4) is 0 Å². The predicted molar refractivity (Wildman–Crippen MR) is 32.1 cm³/mol. The topological polar surface area (TPSA) is 44.8 Å². The van der Waals surface area contributed by atoms with Gasteiger partial charge in [-0.05, 0) is 13.8 Å². The van der Waals surface area contributed by atoms with E-state index >= 15 is 0 Å². The second kappa shape index (κ2) is 2.56. The molecule has 1 heterocycles. The fourth-order valence-electron chi connectivity index (χ4n) is 0.553. The van der Waals surface area contributed by atoms with Gasteiger partial charge in [0.05, 0.1) is 0 Å². The lowest BCUT2D eigenvalue weighted by atomic mass is 10.4. The molecule has 1 aliphatic rings. The Hall–Kier alpha value is -0.610. The van der Waals surface area contributed by atoms with Gasteiger partial charge in [0.15, 0.2) is 12.6 Å². The van der Waals surface area contributed by atoms with Crippen LogP contribution in [0.5, 0.6) is 0 Å². The summed E-state index contributed by atoms with van der Waals surface area (Å²) < 4.78 is 14.6. The summed E-state index contributed by atoms with van der Waals surface area (Å²) in [5, 5.41) is 0. The molecule has 0 spiro atoms. The van der Waals surface area contributed by atoms with Crippen molar-refractivity contribution in [1.82, 2.24) is 0 Å². The Morgan fingerprint density at radius 2 is 2.10 bits per heavy atom. The third-order valence-corrected chi connectivity index (χ3v) is 1.16. The average molecular weight is 146 g/mol. The van der Waals surface area contributed by atoms with Gasteiger partial charge >= 0.3 is 5.97 Å². The monoisotopic (exact) mass is 146 g/mol. The van der Waals surface area contributed by atoms with Crippen molar-refractivity contribution in [2.45, 2.75) is 19.6 Å². The number of esters is 1. The number of rotatable bonds is 0. The van der Waals surface area contributed by atoms with Gasteiger partial charge in [-0.25, -0.2) is 4.79 Å². The van der Waals surface area contributed by atoms with E-state index in [-0.39, 0.29) is 19.4 Å². The van der Waals surface area contributed by atoms with E-state index in [1.54, 1.807) is 13.8 Å². The van der Waals surface area contributed by atoms with Gasteiger partial charge in [0, 0.05) is 0 Å². The summed E-state index contributed by atoms with van der Waals surface area (Å²) in [6.45, 7) is 3.41. The quantitative estimate of drug-likeness (QED) is 0.460. The fourth-order valence-corrected chi connectivity index (χ4v) is 0.553. The highest BCUT2D eigenvalue weighted by Crippen LogP contribution is 2.13. The molecule has 4 nitrogen and oxygen atoms in total. The second-order valence-corrected chi connectivity index (χ2v) is 2.47. The summed E-state index contributed by atoms with van der Waals surface area (Å²) in [5.74, 6) is -1.09.